The number of alkyl halides is 3. The summed E-state index contributed by atoms with van der Waals surface area (Å²) >= 11 is 17.1. The second-order valence-electron chi connectivity index (χ2n) is 3.41. The molecule has 0 radical (unpaired) electrons. The van der Waals surface area contributed by atoms with Crippen molar-refractivity contribution in [2.45, 2.75) is 6.18 Å². The molecule has 0 saturated carbocycles. The molecule has 1 aromatic carbocycles. The summed E-state index contributed by atoms with van der Waals surface area (Å²) in [5, 5.41) is 3.15. The van der Waals surface area contributed by atoms with Crippen molar-refractivity contribution in [3.63, 3.8) is 0 Å². The number of benzene rings is 1. The first kappa shape index (κ1) is 14.2. The Hall–Kier alpha value is -1.18. The maximum atomic E-state index is 12.4. The molecule has 1 aromatic heterocycles. The third-order valence-electron chi connectivity index (χ3n) is 2.10. The molecule has 0 aliphatic heterocycles. The summed E-state index contributed by atoms with van der Waals surface area (Å²) in [4.78, 5) is 13.0. The van der Waals surface area contributed by atoms with E-state index in [-0.39, 0.29) is 20.8 Å². The van der Waals surface area contributed by atoms with E-state index in [1.54, 1.807) is 4.98 Å². The Labute approximate surface area is 118 Å². The zero-order valence-corrected chi connectivity index (χ0v) is 11.0. The van der Waals surface area contributed by atoms with Crippen LogP contribution in [0.15, 0.2) is 16.9 Å². The first-order valence-corrected chi connectivity index (χ1v) is 5.75. The fraction of sp³-hybridized carbons (Fsp3) is 0.111. The minimum absolute atomic E-state index is 0.00683. The predicted octanol–water partition coefficient (Wildman–Crippen LogP) is 3.54. The Morgan fingerprint density at radius 3 is 2.11 bits per heavy atom. The summed E-state index contributed by atoms with van der Waals surface area (Å²) in [7, 11) is 0. The molecule has 0 aliphatic rings. The number of nitrogens with zero attached hydrogens (tertiary/aromatic N) is 2. The lowest BCUT2D eigenvalue weighted by molar-refractivity contribution is -0.144. The van der Waals surface area contributed by atoms with Crippen molar-refractivity contribution >= 4 is 34.8 Å². The fourth-order valence-corrected chi connectivity index (χ4v) is 1.88. The molecule has 0 aliphatic carbocycles. The summed E-state index contributed by atoms with van der Waals surface area (Å²) < 4.78 is 37.7. The highest BCUT2D eigenvalue weighted by Gasteiger charge is 2.36. The average molecular weight is 332 g/mol. The van der Waals surface area contributed by atoms with Crippen LogP contribution >= 0.6 is 34.8 Å². The molecule has 0 amide bonds. The molecule has 0 spiro atoms. The topological polar surface area (TPSA) is 50.7 Å². The number of hydrogen-bond acceptors (Lipinski definition) is 2. The van der Waals surface area contributed by atoms with Crippen LogP contribution in [-0.2, 0) is 6.18 Å². The van der Waals surface area contributed by atoms with Gasteiger partial charge in [-0.3, -0.25) is 4.98 Å². The molecule has 2 rings (SSSR count). The summed E-state index contributed by atoms with van der Waals surface area (Å²) in [5.41, 5.74) is -1.10. The Morgan fingerprint density at radius 1 is 1.16 bits per heavy atom. The first-order chi connectivity index (χ1) is 8.70. The van der Waals surface area contributed by atoms with Crippen LogP contribution in [0.4, 0.5) is 13.2 Å². The van der Waals surface area contributed by atoms with Crippen LogP contribution < -0.4 is 5.69 Å². The van der Waals surface area contributed by atoms with Gasteiger partial charge in [0.25, 0.3) is 0 Å². The lowest BCUT2D eigenvalue weighted by Crippen LogP contribution is -2.15. The second kappa shape index (κ2) is 4.73. The van der Waals surface area contributed by atoms with E-state index in [0.717, 1.165) is 0 Å². The van der Waals surface area contributed by atoms with E-state index in [2.05, 4.69) is 5.10 Å². The largest absolute Gasteiger partial charge is 0.451 e. The van der Waals surface area contributed by atoms with Crippen LogP contribution in [0.5, 0.6) is 0 Å². The zero-order valence-electron chi connectivity index (χ0n) is 8.73. The number of H-pyrrole nitrogens is 1. The molecule has 0 bridgehead atoms. The van der Waals surface area contributed by atoms with Crippen molar-refractivity contribution in [3.05, 3.63) is 43.5 Å². The van der Waals surface area contributed by atoms with Crippen LogP contribution in [-0.4, -0.2) is 14.8 Å². The van der Waals surface area contributed by atoms with E-state index in [1.165, 1.54) is 12.1 Å². The highest BCUT2D eigenvalue weighted by Crippen LogP contribution is 2.32. The quantitative estimate of drug-likeness (QED) is 0.812. The van der Waals surface area contributed by atoms with Gasteiger partial charge < -0.3 is 0 Å². The smallest absolute Gasteiger partial charge is 0.285 e. The van der Waals surface area contributed by atoms with Crippen LogP contribution in [0.3, 0.4) is 0 Å². The standard InChI is InChI=1S/C9H3Cl3F3N3O/c10-4-1-3(2-5(11)6(4)12)18-8(19)16-7(17-18)9(13,14)15/h1-2H,(H,16,17,19). The second-order valence-corrected chi connectivity index (χ2v) is 4.60. The molecule has 102 valence electrons. The number of hydrogen-bond donors (Lipinski definition) is 1. The number of rotatable bonds is 1. The minimum Gasteiger partial charge on any atom is -0.285 e. The Balaban J connectivity index is 2.60. The van der Waals surface area contributed by atoms with Crippen molar-refractivity contribution in [2.24, 2.45) is 0 Å². The van der Waals surface area contributed by atoms with E-state index < -0.39 is 17.7 Å². The van der Waals surface area contributed by atoms with Gasteiger partial charge in [-0.25, -0.2) is 4.79 Å². The lowest BCUT2D eigenvalue weighted by Gasteiger charge is -2.04. The lowest BCUT2D eigenvalue weighted by atomic mass is 10.3. The van der Waals surface area contributed by atoms with Gasteiger partial charge in [0.2, 0.25) is 5.82 Å². The molecular formula is C9H3Cl3F3N3O. The van der Waals surface area contributed by atoms with Crippen LogP contribution in [0, 0.1) is 0 Å². The highest BCUT2D eigenvalue weighted by atomic mass is 35.5. The van der Waals surface area contributed by atoms with E-state index in [0.29, 0.717) is 4.68 Å². The Kier molecular flexibility index (Phi) is 3.55. The SMILES string of the molecule is O=c1[nH]c(C(F)(F)F)nn1-c1cc(Cl)c(Cl)c(Cl)c1. The fourth-order valence-electron chi connectivity index (χ4n) is 1.29. The molecule has 0 unspecified atom stereocenters. The van der Waals surface area contributed by atoms with Gasteiger partial charge in [-0.2, -0.15) is 17.9 Å². The van der Waals surface area contributed by atoms with Crippen molar-refractivity contribution < 1.29 is 13.2 Å². The van der Waals surface area contributed by atoms with Crippen LogP contribution in [0.1, 0.15) is 5.82 Å². The molecule has 1 N–H and O–H groups in total. The summed E-state index contributed by atoms with van der Waals surface area (Å²) in [6, 6.07) is 2.36. The number of aromatic nitrogens is 3. The predicted molar refractivity (Wildman–Crippen MR) is 64.2 cm³/mol. The van der Waals surface area contributed by atoms with Crippen molar-refractivity contribution in [1.29, 1.82) is 0 Å². The summed E-state index contributed by atoms with van der Waals surface area (Å²) in [6.07, 6.45) is -4.76. The summed E-state index contributed by atoms with van der Waals surface area (Å²) in [5.74, 6) is -1.42. The Bertz CT molecular complexity index is 669. The van der Waals surface area contributed by atoms with E-state index in [4.69, 9.17) is 34.8 Å². The van der Waals surface area contributed by atoms with Crippen LogP contribution in [0.25, 0.3) is 5.69 Å². The summed E-state index contributed by atoms with van der Waals surface area (Å²) in [6.45, 7) is 0. The van der Waals surface area contributed by atoms with Gasteiger partial charge >= 0.3 is 11.9 Å². The van der Waals surface area contributed by atoms with Crippen molar-refractivity contribution in [3.8, 4) is 5.69 Å². The average Bonchev–Trinajstić information content (AvgIpc) is 2.67. The number of nitrogens with one attached hydrogen (secondary N) is 1. The molecule has 2 aromatic rings. The first-order valence-electron chi connectivity index (χ1n) is 4.61. The van der Waals surface area contributed by atoms with Gasteiger partial charge in [0, 0.05) is 0 Å². The van der Waals surface area contributed by atoms with Crippen LogP contribution in [0.2, 0.25) is 15.1 Å². The van der Waals surface area contributed by atoms with Gasteiger partial charge in [0.1, 0.15) is 0 Å². The number of halogens is 6. The molecular weight excluding hydrogens is 329 g/mol. The monoisotopic (exact) mass is 331 g/mol. The highest BCUT2D eigenvalue weighted by molar-refractivity contribution is 6.48. The minimum atomic E-state index is -4.76. The maximum Gasteiger partial charge on any atom is 0.451 e. The molecule has 0 atom stereocenters. The zero-order chi connectivity index (χ0) is 14.4. The van der Waals surface area contributed by atoms with Crippen molar-refractivity contribution in [2.75, 3.05) is 0 Å². The van der Waals surface area contributed by atoms with E-state index in [1.807, 2.05) is 0 Å². The van der Waals surface area contributed by atoms with E-state index in [9.17, 15) is 18.0 Å². The van der Waals surface area contributed by atoms with Gasteiger partial charge in [0.05, 0.1) is 20.8 Å². The van der Waals surface area contributed by atoms with Crippen molar-refractivity contribution in [1.82, 2.24) is 14.8 Å². The molecule has 1 heterocycles. The van der Waals surface area contributed by atoms with Gasteiger partial charge in [-0.15, -0.1) is 5.10 Å². The van der Waals surface area contributed by atoms with Gasteiger partial charge in [0.15, 0.2) is 0 Å². The number of aromatic amines is 1. The normalized spacial score (nSPS) is 11.9. The third kappa shape index (κ3) is 2.72. The third-order valence-corrected chi connectivity index (χ3v) is 3.30. The van der Waals surface area contributed by atoms with E-state index >= 15 is 0 Å². The molecule has 10 heteroatoms. The van der Waals surface area contributed by atoms with Gasteiger partial charge in [-0.05, 0) is 12.1 Å². The Morgan fingerprint density at radius 2 is 1.68 bits per heavy atom. The molecule has 0 fully saturated rings. The molecule has 4 nitrogen and oxygen atoms in total. The molecule has 19 heavy (non-hydrogen) atoms. The maximum absolute atomic E-state index is 12.4. The molecule has 0 saturated heterocycles. The van der Waals surface area contributed by atoms with Gasteiger partial charge in [-0.1, -0.05) is 34.8 Å².